The van der Waals surface area contributed by atoms with Crippen LogP contribution < -0.4 is 10.6 Å². The Kier molecular flexibility index (Phi) is 4.93. The topological polar surface area (TPSA) is 78.4 Å². The highest BCUT2D eigenvalue weighted by atomic mass is 16.4. The van der Waals surface area contributed by atoms with Gasteiger partial charge in [-0.3, -0.25) is 9.59 Å². The minimum atomic E-state index is -0.781. The van der Waals surface area contributed by atoms with Gasteiger partial charge in [0.15, 0.2) is 0 Å². The van der Waals surface area contributed by atoms with Gasteiger partial charge in [0.2, 0.25) is 5.91 Å². The van der Waals surface area contributed by atoms with Crippen molar-refractivity contribution < 1.29 is 14.7 Å². The maximum atomic E-state index is 11.7. The van der Waals surface area contributed by atoms with Crippen LogP contribution in [0, 0.1) is 11.3 Å². The number of hydrogen-bond acceptors (Lipinski definition) is 3. The second kappa shape index (κ2) is 6.00. The van der Waals surface area contributed by atoms with Gasteiger partial charge in [0.05, 0.1) is 5.41 Å². The molecule has 1 atom stereocenters. The first kappa shape index (κ1) is 14.0. The molecule has 1 aliphatic carbocycles. The van der Waals surface area contributed by atoms with Crippen molar-refractivity contribution in [2.45, 2.75) is 32.6 Å². The summed E-state index contributed by atoms with van der Waals surface area (Å²) >= 11 is 0. The Morgan fingerprint density at radius 3 is 2.41 bits per heavy atom. The number of carboxylic acids is 1. The quantitative estimate of drug-likeness (QED) is 0.637. The van der Waals surface area contributed by atoms with Crippen LogP contribution in [0.5, 0.6) is 0 Å². The predicted molar refractivity (Wildman–Crippen MR) is 64.6 cm³/mol. The smallest absolute Gasteiger partial charge is 0.311 e. The van der Waals surface area contributed by atoms with Crippen LogP contribution in [0.2, 0.25) is 0 Å². The van der Waals surface area contributed by atoms with Gasteiger partial charge < -0.3 is 15.7 Å². The Hall–Kier alpha value is -1.10. The van der Waals surface area contributed by atoms with Gasteiger partial charge in [0.1, 0.15) is 0 Å². The van der Waals surface area contributed by atoms with E-state index in [0.29, 0.717) is 19.4 Å². The van der Waals surface area contributed by atoms with E-state index in [1.54, 1.807) is 7.05 Å². The molecule has 1 aliphatic rings. The first-order chi connectivity index (χ1) is 8.02. The molecule has 17 heavy (non-hydrogen) atoms. The summed E-state index contributed by atoms with van der Waals surface area (Å²) in [6.45, 7) is 2.69. The Balaban J connectivity index is 2.48. The van der Waals surface area contributed by atoms with E-state index in [-0.39, 0.29) is 18.4 Å². The molecule has 0 aromatic rings. The lowest BCUT2D eigenvalue weighted by Gasteiger charge is -2.24. The van der Waals surface area contributed by atoms with E-state index in [2.05, 4.69) is 10.6 Å². The highest BCUT2D eigenvalue weighted by Gasteiger charge is 2.41. The van der Waals surface area contributed by atoms with Crippen LogP contribution in [-0.2, 0) is 9.59 Å². The molecule has 0 spiro atoms. The SMILES string of the molecule is CNCC(C)C(=O)NCC1(C(=O)O)CCCC1. The van der Waals surface area contributed by atoms with Gasteiger partial charge >= 0.3 is 5.97 Å². The highest BCUT2D eigenvalue weighted by Crippen LogP contribution is 2.37. The van der Waals surface area contributed by atoms with Gasteiger partial charge in [0.25, 0.3) is 0 Å². The van der Waals surface area contributed by atoms with E-state index in [0.717, 1.165) is 12.8 Å². The van der Waals surface area contributed by atoms with Crippen LogP contribution in [0.3, 0.4) is 0 Å². The van der Waals surface area contributed by atoms with Gasteiger partial charge in [-0.25, -0.2) is 0 Å². The number of aliphatic carboxylic acids is 1. The molecule has 0 bridgehead atoms. The monoisotopic (exact) mass is 242 g/mol. The van der Waals surface area contributed by atoms with Gasteiger partial charge in [-0.1, -0.05) is 19.8 Å². The molecule has 5 heteroatoms. The minimum Gasteiger partial charge on any atom is -0.481 e. The molecule has 1 amide bonds. The zero-order chi connectivity index (χ0) is 12.9. The molecule has 98 valence electrons. The number of carboxylic acid groups (broad SMARTS) is 1. The molecule has 3 N–H and O–H groups in total. The van der Waals surface area contributed by atoms with Crippen molar-refractivity contribution in [2.75, 3.05) is 20.1 Å². The normalized spacial score (nSPS) is 19.9. The Morgan fingerprint density at radius 1 is 1.35 bits per heavy atom. The van der Waals surface area contributed by atoms with E-state index < -0.39 is 11.4 Å². The van der Waals surface area contributed by atoms with Crippen molar-refractivity contribution in [1.82, 2.24) is 10.6 Å². The van der Waals surface area contributed by atoms with Crippen LogP contribution in [0.25, 0.3) is 0 Å². The third kappa shape index (κ3) is 3.43. The molecule has 1 unspecified atom stereocenters. The number of hydrogen-bond donors (Lipinski definition) is 3. The maximum Gasteiger partial charge on any atom is 0.311 e. The van der Waals surface area contributed by atoms with Crippen LogP contribution in [0.4, 0.5) is 0 Å². The summed E-state index contributed by atoms with van der Waals surface area (Å²) in [4.78, 5) is 23.0. The van der Waals surface area contributed by atoms with Gasteiger partial charge in [-0.2, -0.15) is 0 Å². The number of nitrogens with one attached hydrogen (secondary N) is 2. The van der Waals surface area contributed by atoms with Crippen LogP contribution >= 0.6 is 0 Å². The van der Waals surface area contributed by atoms with Crippen molar-refractivity contribution in [2.24, 2.45) is 11.3 Å². The summed E-state index contributed by atoms with van der Waals surface area (Å²) in [6.07, 6.45) is 3.22. The fraction of sp³-hybridized carbons (Fsp3) is 0.833. The third-order valence-corrected chi connectivity index (χ3v) is 3.57. The summed E-state index contributed by atoms with van der Waals surface area (Å²) < 4.78 is 0. The van der Waals surface area contributed by atoms with Crippen LogP contribution in [0.15, 0.2) is 0 Å². The average molecular weight is 242 g/mol. The Morgan fingerprint density at radius 2 is 1.94 bits per heavy atom. The van der Waals surface area contributed by atoms with E-state index in [1.807, 2.05) is 6.92 Å². The van der Waals surface area contributed by atoms with Crippen molar-refractivity contribution in [3.8, 4) is 0 Å². The zero-order valence-electron chi connectivity index (χ0n) is 10.6. The summed E-state index contributed by atoms with van der Waals surface area (Å²) in [7, 11) is 1.79. The Labute approximate surface area is 102 Å². The third-order valence-electron chi connectivity index (χ3n) is 3.57. The predicted octanol–water partition coefficient (Wildman–Crippen LogP) is 0.603. The summed E-state index contributed by atoms with van der Waals surface area (Å²) in [6, 6.07) is 0. The number of carbonyl (C=O) groups is 2. The molecular weight excluding hydrogens is 220 g/mol. The molecule has 0 aliphatic heterocycles. The number of rotatable bonds is 6. The lowest BCUT2D eigenvalue weighted by molar-refractivity contribution is -0.148. The fourth-order valence-electron chi connectivity index (χ4n) is 2.35. The van der Waals surface area contributed by atoms with E-state index in [1.165, 1.54) is 0 Å². The maximum absolute atomic E-state index is 11.7. The van der Waals surface area contributed by atoms with Gasteiger partial charge in [0, 0.05) is 19.0 Å². The molecule has 1 saturated carbocycles. The van der Waals surface area contributed by atoms with Crippen molar-refractivity contribution in [3.63, 3.8) is 0 Å². The first-order valence-corrected chi connectivity index (χ1v) is 6.17. The molecule has 0 radical (unpaired) electrons. The fourth-order valence-corrected chi connectivity index (χ4v) is 2.35. The number of amides is 1. The second-order valence-electron chi connectivity index (χ2n) is 4.97. The summed E-state index contributed by atoms with van der Waals surface area (Å²) in [5.74, 6) is -0.990. The molecule has 1 fully saturated rings. The van der Waals surface area contributed by atoms with E-state index in [4.69, 9.17) is 0 Å². The van der Waals surface area contributed by atoms with Crippen LogP contribution in [-0.4, -0.2) is 37.1 Å². The van der Waals surface area contributed by atoms with E-state index in [9.17, 15) is 14.7 Å². The molecule has 5 nitrogen and oxygen atoms in total. The molecule has 0 saturated heterocycles. The molecular formula is C12H22N2O3. The van der Waals surface area contributed by atoms with Crippen molar-refractivity contribution >= 4 is 11.9 Å². The molecule has 0 aromatic carbocycles. The van der Waals surface area contributed by atoms with Crippen LogP contribution in [0.1, 0.15) is 32.6 Å². The standard InChI is InChI=1S/C12H22N2O3/c1-9(7-13-2)10(15)14-8-12(11(16)17)5-3-4-6-12/h9,13H,3-8H2,1-2H3,(H,14,15)(H,16,17). The highest BCUT2D eigenvalue weighted by molar-refractivity contribution is 5.80. The molecule has 0 heterocycles. The number of carbonyl (C=O) groups excluding carboxylic acids is 1. The lowest BCUT2D eigenvalue weighted by Crippen LogP contribution is -2.44. The van der Waals surface area contributed by atoms with Crippen molar-refractivity contribution in [3.05, 3.63) is 0 Å². The minimum absolute atomic E-state index is 0.0770. The van der Waals surface area contributed by atoms with Gasteiger partial charge in [-0.15, -0.1) is 0 Å². The first-order valence-electron chi connectivity index (χ1n) is 6.17. The Bertz CT molecular complexity index is 285. The average Bonchev–Trinajstić information content (AvgIpc) is 2.76. The summed E-state index contributed by atoms with van der Waals surface area (Å²) in [5.41, 5.74) is -0.727. The van der Waals surface area contributed by atoms with Crippen molar-refractivity contribution in [1.29, 1.82) is 0 Å². The molecule has 0 aromatic heterocycles. The zero-order valence-corrected chi connectivity index (χ0v) is 10.6. The second-order valence-corrected chi connectivity index (χ2v) is 4.97. The lowest BCUT2D eigenvalue weighted by atomic mass is 9.86. The summed E-state index contributed by atoms with van der Waals surface area (Å²) in [5, 5.41) is 15.0. The molecule has 1 rings (SSSR count). The van der Waals surface area contributed by atoms with Gasteiger partial charge in [-0.05, 0) is 19.9 Å². The van der Waals surface area contributed by atoms with E-state index >= 15 is 0 Å². The largest absolute Gasteiger partial charge is 0.481 e.